The number of aryl methyl sites for hydroxylation is 1. The molecule has 0 aliphatic rings. The molecule has 21 heavy (non-hydrogen) atoms. The summed E-state index contributed by atoms with van der Waals surface area (Å²) in [5.41, 5.74) is -0.183. The van der Waals surface area contributed by atoms with E-state index < -0.39 is 26.6 Å². The Kier molecular flexibility index (Phi) is 3.75. The summed E-state index contributed by atoms with van der Waals surface area (Å²) in [6.45, 7) is 1.43. The topological polar surface area (TPSA) is 137 Å². The standard InChI is InChI=1S/C11H10N2O6S2/c1-5-10(20-11(17)12-5)21(18,19)13-7-3-2-6(9(15)16)4-8(7)14/h2-4,13-14H,1H3,(H,12,17)(H,15,16). The molecule has 8 nitrogen and oxygen atoms in total. The van der Waals surface area contributed by atoms with Gasteiger partial charge in [-0.2, -0.15) is 0 Å². The van der Waals surface area contributed by atoms with Crippen LogP contribution in [0, 0.1) is 6.92 Å². The number of benzene rings is 1. The fraction of sp³-hybridized carbons (Fsp3) is 0.0909. The van der Waals surface area contributed by atoms with Crippen LogP contribution in [0.25, 0.3) is 0 Å². The molecule has 2 aromatic rings. The average molecular weight is 330 g/mol. The molecular weight excluding hydrogens is 320 g/mol. The van der Waals surface area contributed by atoms with Gasteiger partial charge < -0.3 is 15.2 Å². The van der Waals surface area contributed by atoms with E-state index in [1.165, 1.54) is 6.92 Å². The van der Waals surface area contributed by atoms with E-state index in [1.807, 2.05) is 0 Å². The van der Waals surface area contributed by atoms with Gasteiger partial charge in [0.05, 0.1) is 11.3 Å². The van der Waals surface area contributed by atoms with Gasteiger partial charge in [-0.3, -0.25) is 9.52 Å². The molecule has 1 aromatic heterocycles. The minimum Gasteiger partial charge on any atom is -0.506 e. The maximum atomic E-state index is 12.1. The van der Waals surface area contributed by atoms with Gasteiger partial charge in [-0.15, -0.1) is 0 Å². The fourth-order valence-electron chi connectivity index (χ4n) is 1.59. The molecule has 0 spiro atoms. The SMILES string of the molecule is Cc1[nH]c(=O)sc1S(=O)(=O)Nc1ccc(C(=O)O)cc1O. The molecule has 2 rings (SSSR count). The number of phenolic OH excluding ortho intramolecular Hbond substituents is 1. The van der Waals surface area contributed by atoms with Gasteiger partial charge in [-0.1, -0.05) is 11.3 Å². The number of rotatable bonds is 4. The molecule has 0 aliphatic carbocycles. The lowest BCUT2D eigenvalue weighted by Gasteiger charge is -2.09. The molecule has 1 aromatic carbocycles. The highest BCUT2D eigenvalue weighted by Gasteiger charge is 2.22. The molecule has 0 unspecified atom stereocenters. The monoisotopic (exact) mass is 330 g/mol. The molecule has 1 heterocycles. The highest BCUT2D eigenvalue weighted by Crippen LogP contribution is 2.28. The second-order valence-electron chi connectivity index (χ2n) is 4.07. The van der Waals surface area contributed by atoms with Crippen molar-refractivity contribution in [1.29, 1.82) is 0 Å². The normalized spacial score (nSPS) is 11.3. The molecule has 0 radical (unpaired) electrons. The van der Waals surface area contributed by atoms with Gasteiger partial charge in [-0.05, 0) is 25.1 Å². The van der Waals surface area contributed by atoms with Crippen LogP contribution in [0.15, 0.2) is 27.2 Å². The number of nitrogens with one attached hydrogen (secondary N) is 2. The number of sulfonamides is 1. The zero-order valence-electron chi connectivity index (χ0n) is 10.6. The molecule has 0 amide bonds. The smallest absolute Gasteiger partial charge is 0.335 e. The lowest BCUT2D eigenvalue weighted by molar-refractivity contribution is 0.0696. The maximum Gasteiger partial charge on any atom is 0.335 e. The summed E-state index contributed by atoms with van der Waals surface area (Å²) in [4.78, 5) is 23.7. The Hall–Kier alpha value is -2.33. The van der Waals surface area contributed by atoms with Crippen LogP contribution < -0.4 is 9.60 Å². The van der Waals surface area contributed by atoms with E-state index in [1.54, 1.807) is 0 Å². The summed E-state index contributed by atoms with van der Waals surface area (Å²) < 4.78 is 26.1. The van der Waals surface area contributed by atoms with E-state index in [4.69, 9.17) is 5.11 Å². The minimum absolute atomic E-state index is 0.180. The molecule has 0 saturated carbocycles. The Labute approximate surface area is 122 Å². The van der Waals surface area contributed by atoms with Crippen molar-refractivity contribution in [3.8, 4) is 5.75 Å². The predicted molar refractivity (Wildman–Crippen MR) is 75.6 cm³/mol. The number of hydrogen-bond donors (Lipinski definition) is 4. The van der Waals surface area contributed by atoms with Crippen molar-refractivity contribution >= 4 is 33.0 Å². The zero-order valence-corrected chi connectivity index (χ0v) is 12.2. The number of aromatic carboxylic acids is 1. The first-order valence-electron chi connectivity index (χ1n) is 5.49. The van der Waals surface area contributed by atoms with Gasteiger partial charge >= 0.3 is 10.8 Å². The number of anilines is 1. The number of phenols is 1. The Bertz CT molecular complexity index is 865. The van der Waals surface area contributed by atoms with Gasteiger partial charge in [0.2, 0.25) is 0 Å². The molecule has 0 bridgehead atoms. The van der Waals surface area contributed by atoms with Crippen molar-refractivity contribution in [2.45, 2.75) is 11.1 Å². The zero-order chi connectivity index (χ0) is 15.8. The first-order chi connectivity index (χ1) is 9.70. The van der Waals surface area contributed by atoms with Crippen LogP contribution in [0.2, 0.25) is 0 Å². The third-order valence-corrected chi connectivity index (χ3v) is 5.48. The first kappa shape index (κ1) is 15.1. The number of carboxylic acid groups (broad SMARTS) is 1. The predicted octanol–water partition coefficient (Wildman–Crippen LogP) is 0.949. The molecule has 112 valence electrons. The van der Waals surface area contributed by atoms with Crippen LogP contribution in [-0.4, -0.2) is 29.6 Å². The number of aromatic nitrogens is 1. The third-order valence-electron chi connectivity index (χ3n) is 2.51. The summed E-state index contributed by atoms with van der Waals surface area (Å²) in [6, 6.07) is 3.19. The number of thiazole rings is 1. The Morgan fingerprint density at radius 3 is 2.52 bits per heavy atom. The number of H-pyrrole nitrogens is 1. The van der Waals surface area contributed by atoms with Gasteiger partial charge in [0.15, 0.2) is 4.21 Å². The summed E-state index contributed by atoms with van der Waals surface area (Å²) in [7, 11) is -4.05. The second kappa shape index (κ2) is 5.22. The van der Waals surface area contributed by atoms with E-state index >= 15 is 0 Å². The third kappa shape index (κ3) is 3.06. The summed E-state index contributed by atoms with van der Waals surface area (Å²) in [5.74, 6) is -1.78. The first-order valence-corrected chi connectivity index (χ1v) is 7.79. The van der Waals surface area contributed by atoms with Crippen molar-refractivity contribution in [2.75, 3.05) is 4.72 Å². The van der Waals surface area contributed by atoms with Crippen LogP contribution in [0.5, 0.6) is 5.75 Å². The maximum absolute atomic E-state index is 12.1. The van der Waals surface area contributed by atoms with Crippen molar-refractivity contribution < 1.29 is 23.4 Å². The van der Waals surface area contributed by atoms with E-state index in [9.17, 15) is 23.1 Å². The lowest BCUT2D eigenvalue weighted by atomic mass is 10.2. The van der Waals surface area contributed by atoms with Crippen molar-refractivity contribution in [3.05, 3.63) is 39.1 Å². The molecule has 0 atom stereocenters. The van der Waals surface area contributed by atoms with Gasteiger partial charge in [0.1, 0.15) is 5.75 Å². The van der Waals surface area contributed by atoms with Crippen LogP contribution in [0.3, 0.4) is 0 Å². The van der Waals surface area contributed by atoms with E-state index in [-0.39, 0.29) is 21.2 Å². The molecule has 10 heteroatoms. The number of aromatic hydroxyl groups is 1. The molecule has 4 N–H and O–H groups in total. The van der Waals surface area contributed by atoms with Crippen LogP contribution >= 0.6 is 11.3 Å². The van der Waals surface area contributed by atoms with Gasteiger partial charge in [0, 0.05) is 5.69 Å². The highest BCUT2D eigenvalue weighted by molar-refractivity contribution is 7.94. The summed E-state index contributed by atoms with van der Waals surface area (Å²) in [6.07, 6.45) is 0. The number of carboxylic acids is 1. The van der Waals surface area contributed by atoms with Crippen LogP contribution in [0.1, 0.15) is 16.1 Å². The second-order valence-corrected chi connectivity index (χ2v) is 6.93. The molecule has 0 aliphatic heterocycles. The number of hydrogen-bond acceptors (Lipinski definition) is 6. The van der Waals surface area contributed by atoms with E-state index in [0.29, 0.717) is 11.3 Å². The molecule has 0 fully saturated rings. The Morgan fingerprint density at radius 1 is 1.38 bits per heavy atom. The van der Waals surface area contributed by atoms with Crippen molar-refractivity contribution in [1.82, 2.24) is 4.98 Å². The van der Waals surface area contributed by atoms with Crippen molar-refractivity contribution in [2.24, 2.45) is 0 Å². The molecule has 0 saturated heterocycles. The van der Waals surface area contributed by atoms with Crippen LogP contribution in [0.4, 0.5) is 5.69 Å². The average Bonchev–Trinajstić information content (AvgIpc) is 2.71. The molecular formula is C11H10N2O6S2. The largest absolute Gasteiger partial charge is 0.506 e. The Balaban J connectivity index is 2.40. The summed E-state index contributed by atoms with van der Waals surface area (Å²) in [5, 5.41) is 18.4. The lowest BCUT2D eigenvalue weighted by Crippen LogP contribution is -2.13. The highest BCUT2D eigenvalue weighted by atomic mass is 32.2. The van der Waals surface area contributed by atoms with Gasteiger partial charge in [0.25, 0.3) is 10.0 Å². The number of aromatic amines is 1. The van der Waals surface area contributed by atoms with Crippen molar-refractivity contribution in [3.63, 3.8) is 0 Å². The quantitative estimate of drug-likeness (QED) is 0.616. The van der Waals surface area contributed by atoms with Crippen LogP contribution in [-0.2, 0) is 10.0 Å². The Morgan fingerprint density at radius 2 is 2.05 bits per heavy atom. The van der Waals surface area contributed by atoms with Gasteiger partial charge in [-0.25, -0.2) is 13.2 Å². The van der Waals surface area contributed by atoms with E-state index in [0.717, 1.165) is 18.2 Å². The fourth-order valence-corrected chi connectivity index (χ4v) is 3.97. The minimum atomic E-state index is -4.05. The summed E-state index contributed by atoms with van der Waals surface area (Å²) >= 11 is 0.517. The number of carbonyl (C=O) groups is 1. The van der Waals surface area contributed by atoms with E-state index in [2.05, 4.69) is 9.71 Å².